The Morgan fingerprint density at radius 1 is 1.10 bits per heavy atom. The summed E-state index contributed by atoms with van der Waals surface area (Å²) in [5.74, 6) is -1.24. The predicted molar refractivity (Wildman–Crippen MR) is 118 cm³/mol. The Balaban J connectivity index is 2.57. The van der Waals surface area contributed by atoms with Crippen molar-refractivity contribution in [1.29, 1.82) is 0 Å². The van der Waals surface area contributed by atoms with E-state index in [-0.39, 0.29) is 29.4 Å². The number of non-ortho nitro benzene ring substituents is 1. The molecule has 0 saturated heterocycles. The van der Waals surface area contributed by atoms with Crippen LogP contribution in [0.3, 0.4) is 0 Å². The van der Waals surface area contributed by atoms with Crippen LogP contribution in [0.5, 0.6) is 0 Å². The predicted octanol–water partition coefficient (Wildman–Crippen LogP) is 3.60. The number of carbonyl (C=O) groups excluding carboxylic acids is 2. The van der Waals surface area contributed by atoms with Crippen LogP contribution in [0.4, 0.5) is 5.69 Å². The summed E-state index contributed by atoms with van der Waals surface area (Å²) in [7, 11) is 0. The molecule has 0 saturated carbocycles. The quantitative estimate of drug-likeness (QED) is 0.198. The zero-order valence-corrected chi connectivity index (χ0v) is 18.9. The fourth-order valence-corrected chi connectivity index (χ4v) is 3.65. The maximum Gasteiger partial charge on any atom is 0.337 e. The zero-order chi connectivity index (χ0) is 22.3. The first-order chi connectivity index (χ1) is 14.3. The van der Waals surface area contributed by atoms with Crippen molar-refractivity contribution >= 4 is 41.1 Å². The van der Waals surface area contributed by atoms with Crippen LogP contribution in [0.2, 0.25) is 0 Å². The third kappa shape index (κ3) is 5.57. The minimum Gasteiger partial charge on any atom is -0.461 e. The summed E-state index contributed by atoms with van der Waals surface area (Å²) < 4.78 is 10.7. The van der Waals surface area contributed by atoms with Crippen molar-refractivity contribution in [2.75, 3.05) is 30.8 Å². The summed E-state index contributed by atoms with van der Waals surface area (Å²) in [4.78, 5) is 36.6. The molecule has 0 radical (unpaired) electrons. The number of nitro benzene ring substituents is 1. The Labute approximate surface area is 183 Å². The molecule has 1 aliphatic rings. The van der Waals surface area contributed by atoms with Gasteiger partial charge in [0.15, 0.2) is 0 Å². The van der Waals surface area contributed by atoms with Gasteiger partial charge in [-0.2, -0.15) is 11.8 Å². The van der Waals surface area contributed by atoms with Crippen LogP contribution < -0.4 is 5.32 Å². The average molecular weight is 453 g/mol. The first-order valence-corrected chi connectivity index (χ1v) is 11.9. The molecule has 1 unspecified atom stereocenters. The van der Waals surface area contributed by atoms with E-state index in [1.807, 2.05) is 6.26 Å². The Hall–Kier alpha value is -2.46. The Kier molecular flexibility index (Phi) is 8.79. The molecule has 0 fully saturated rings. The van der Waals surface area contributed by atoms with Gasteiger partial charge in [-0.1, -0.05) is 12.1 Å². The van der Waals surface area contributed by atoms with Crippen LogP contribution in [-0.2, 0) is 19.1 Å². The highest BCUT2D eigenvalue weighted by atomic mass is 32.2. The van der Waals surface area contributed by atoms with E-state index in [2.05, 4.69) is 5.32 Å². The number of hydrogen-bond donors (Lipinski definition) is 1. The zero-order valence-electron chi connectivity index (χ0n) is 17.2. The molecule has 10 heteroatoms. The van der Waals surface area contributed by atoms with Crippen molar-refractivity contribution in [1.82, 2.24) is 5.32 Å². The molecule has 1 heterocycles. The van der Waals surface area contributed by atoms with Crippen LogP contribution in [0.25, 0.3) is 0 Å². The fourth-order valence-electron chi connectivity index (χ4n) is 3.17. The van der Waals surface area contributed by atoms with Gasteiger partial charge in [0.1, 0.15) is 12.5 Å². The van der Waals surface area contributed by atoms with Crippen LogP contribution in [0, 0.1) is 10.1 Å². The van der Waals surface area contributed by atoms with Gasteiger partial charge >= 0.3 is 11.9 Å². The van der Waals surface area contributed by atoms with E-state index < -0.39 is 22.8 Å². The monoisotopic (exact) mass is 452 g/mol. The molecule has 1 atom stereocenters. The van der Waals surface area contributed by atoms with Crippen LogP contribution in [-0.4, -0.2) is 47.7 Å². The first-order valence-electron chi connectivity index (χ1n) is 9.06. The molecular formula is C20H24N2O6S2. The number of esters is 2. The molecule has 0 spiro atoms. The second-order valence-corrected chi connectivity index (χ2v) is 8.25. The molecule has 1 aliphatic heterocycles. The van der Waals surface area contributed by atoms with Gasteiger partial charge in [0, 0.05) is 29.3 Å². The Morgan fingerprint density at radius 3 is 2.30 bits per heavy atom. The summed E-state index contributed by atoms with van der Waals surface area (Å²) >= 11 is 2.88. The third-order valence-electron chi connectivity index (χ3n) is 4.44. The van der Waals surface area contributed by atoms with Gasteiger partial charge in [-0.3, -0.25) is 10.1 Å². The number of hydrogen-bond acceptors (Lipinski definition) is 9. The van der Waals surface area contributed by atoms with E-state index in [1.165, 1.54) is 41.7 Å². The number of dihydropyridines is 1. The molecule has 2 rings (SSSR count). The van der Waals surface area contributed by atoms with Gasteiger partial charge in [-0.05, 0) is 31.9 Å². The van der Waals surface area contributed by atoms with Crippen molar-refractivity contribution in [3.8, 4) is 0 Å². The second kappa shape index (κ2) is 11.1. The van der Waals surface area contributed by atoms with E-state index in [0.29, 0.717) is 22.7 Å². The van der Waals surface area contributed by atoms with Gasteiger partial charge in [0.05, 0.1) is 22.0 Å². The number of allylic oxidation sites excluding steroid dienone is 2. The molecule has 1 aromatic rings. The minimum absolute atomic E-state index is 0.131. The molecule has 1 N–H and O–H groups in total. The van der Waals surface area contributed by atoms with E-state index in [0.717, 1.165) is 0 Å². The molecule has 0 amide bonds. The number of nitro groups is 1. The standard InChI is InChI=1S/C20H24N2O6S2/c1-12-16(19(23)27-8-9-29-3)18(14-6-5-7-15(10-14)22(25)26)17(13(2)21-12)20(24)28-11-30-4/h5-7,10,18,21H,8-9,11H2,1-4H3. The highest BCUT2D eigenvalue weighted by Crippen LogP contribution is 2.40. The molecule has 0 bridgehead atoms. The summed E-state index contributed by atoms with van der Waals surface area (Å²) in [6.07, 6.45) is 3.70. The Bertz CT molecular complexity index is 897. The second-order valence-electron chi connectivity index (χ2n) is 6.45. The molecule has 162 valence electrons. The van der Waals surface area contributed by atoms with Crippen LogP contribution >= 0.6 is 23.5 Å². The van der Waals surface area contributed by atoms with Crippen molar-refractivity contribution in [2.24, 2.45) is 0 Å². The smallest absolute Gasteiger partial charge is 0.337 e. The van der Waals surface area contributed by atoms with Gasteiger partial charge in [-0.25, -0.2) is 9.59 Å². The molecule has 8 nitrogen and oxygen atoms in total. The highest BCUT2D eigenvalue weighted by Gasteiger charge is 2.38. The number of ether oxygens (including phenoxy) is 2. The SMILES string of the molecule is CSCCOC(=O)C1=C(C)NC(C)=C(C(=O)OCSC)C1c1cccc([N+](=O)[O-])c1. The summed E-state index contributed by atoms with van der Waals surface area (Å²) in [5, 5.41) is 14.3. The normalized spacial score (nSPS) is 16.2. The van der Waals surface area contributed by atoms with E-state index >= 15 is 0 Å². The lowest BCUT2D eigenvalue weighted by molar-refractivity contribution is -0.384. The number of nitrogens with one attached hydrogen (secondary N) is 1. The number of benzene rings is 1. The molecule has 1 aromatic carbocycles. The van der Waals surface area contributed by atoms with E-state index in [4.69, 9.17) is 9.47 Å². The van der Waals surface area contributed by atoms with E-state index in [9.17, 15) is 19.7 Å². The van der Waals surface area contributed by atoms with Gasteiger partial charge in [0.25, 0.3) is 5.69 Å². The van der Waals surface area contributed by atoms with Gasteiger partial charge in [0.2, 0.25) is 0 Å². The molecular weight excluding hydrogens is 428 g/mol. The van der Waals surface area contributed by atoms with Gasteiger partial charge in [-0.15, -0.1) is 11.8 Å². The summed E-state index contributed by atoms with van der Waals surface area (Å²) in [6.45, 7) is 3.63. The molecule has 0 aliphatic carbocycles. The van der Waals surface area contributed by atoms with Crippen molar-refractivity contribution in [3.63, 3.8) is 0 Å². The van der Waals surface area contributed by atoms with Crippen molar-refractivity contribution in [3.05, 3.63) is 62.5 Å². The van der Waals surface area contributed by atoms with E-state index in [1.54, 1.807) is 26.2 Å². The number of carbonyl (C=O) groups is 2. The number of thioether (sulfide) groups is 2. The lowest BCUT2D eigenvalue weighted by Gasteiger charge is -2.30. The summed E-state index contributed by atoms with van der Waals surface area (Å²) in [5.41, 5.74) is 1.83. The van der Waals surface area contributed by atoms with Gasteiger partial charge < -0.3 is 14.8 Å². The number of rotatable bonds is 9. The topological polar surface area (TPSA) is 108 Å². The lowest BCUT2D eigenvalue weighted by Crippen LogP contribution is -2.32. The molecule has 0 aromatic heterocycles. The first kappa shape index (κ1) is 23.8. The minimum atomic E-state index is -0.845. The summed E-state index contributed by atoms with van der Waals surface area (Å²) in [6, 6.07) is 5.91. The average Bonchev–Trinajstić information content (AvgIpc) is 2.71. The maximum atomic E-state index is 12.9. The number of nitrogens with zero attached hydrogens (tertiary/aromatic N) is 1. The van der Waals surface area contributed by atoms with Crippen molar-refractivity contribution in [2.45, 2.75) is 19.8 Å². The largest absolute Gasteiger partial charge is 0.461 e. The van der Waals surface area contributed by atoms with Crippen LogP contribution in [0.1, 0.15) is 25.3 Å². The Morgan fingerprint density at radius 2 is 1.73 bits per heavy atom. The third-order valence-corrected chi connectivity index (χ3v) is 5.37. The van der Waals surface area contributed by atoms with Crippen molar-refractivity contribution < 1.29 is 24.0 Å². The molecule has 30 heavy (non-hydrogen) atoms. The highest BCUT2D eigenvalue weighted by molar-refractivity contribution is 7.98. The fraction of sp³-hybridized carbons (Fsp3) is 0.400. The lowest BCUT2D eigenvalue weighted by atomic mass is 9.80. The van der Waals surface area contributed by atoms with Crippen LogP contribution in [0.15, 0.2) is 46.8 Å². The maximum absolute atomic E-state index is 12.9.